The minimum atomic E-state index is -0.0863. The van der Waals surface area contributed by atoms with Gasteiger partial charge in [-0.1, -0.05) is 31.6 Å². The molecule has 140 valence electrons. The fourth-order valence-electron chi connectivity index (χ4n) is 7.27. The van der Waals surface area contributed by atoms with E-state index >= 15 is 0 Å². The molecule has 0 heterocycles. The summed E-state index contributed by atoms with van der Waals surface area (Å²) in [7, 11) is 4.27. The molecule has 3 saturated carbocycles. The Balaban J connectivity index is 1.60. The Hall–Kier alpha value is -0.760. The summed E-state index contributed by atoms with van der Waals surface area (Å²) >= 11 is 0. The Morgan fingerprint density at radius 2 is 1.88 bits per heavy atom. The van der Waals surface area contributed by atoms with Gasteiger partial charge in [0.25, 0.3) is 0 Å². The summed E-state index contributed by atoms with van der Waals surface area (Å²) in [5.74, 6) is 3.38. The largest absolute Gasteiger partial charge is 0.393 e. The van der Waals surface area contributed by atoms with Crippen LogP contribution < -0.4 is 0 Å². The van der Waals surface area contributed by atoms with E-state index < -0.39 is 0 Å². The minimum absolute atomic E-state index is 0.0863. The van der Waals surface area contributed by atoms with Crippen LogP contribution in [0.5, 0.6) is 0 Å². The molecule has 0 spiro atoms. The SMILES string of the molecule is CN(C)C=C[C@H]1CC[C@H]2[C@@H]3CC=C4CC(O)CC[C@]4(C)[C@H]3CC[C@]12C. The van der Waals surface area contributed by atoms with Crippen molar-refractivity contribution in [2.24, 2.45) is 34.5 Å². The van der Waals surface area contributed by atoms with Gasteiger partial charge in [-0.05, 0) is 92.1 Å². The Kier molecular flexibility index (Phi) is 4.34. The molecule has 3 fully saturated rings. The Morgan fingerprint density at radius 1 is 1.08 bits per heavy atom. The van der Waals surface area contributed by atoms with E-state index in [-0.39, 0.29) is 6.10 Å². The normalized spacial score (nSPS) is 49.3. The highest BCUT2D eigenvalue weighted by molar-refractivity contribution is 5.25. The summed E-state index contributed by atoms with van der Waals surface area (Å²) in [6.45, 7) is 5.13. The van der Waals surface area contributed by atoms with Crippen LogP contribution in [0.25, 0.3) is 0 Å². The number of aliphatic hydroxyl groups is 1. The molecule has 0 bridgehead atoms. The number of rotatable bonds is 2. The van der Waals surface area contributed by atoms with Crippen molar-refractivity contribution in [3.05, 3.63) is 23.9 Å². The lowest BCUT2D eigenvalue weighted by Gasteiger charge is -2.58. The molecule has 0 amide bonds. The number of allylic oxidation sites excluding steroid dienone is 2. The molecule has 1 N–H and O–H groups in total. The third kappa shape index (κ3) is 2.71. The molecule has 25 heavy (non-hydrogen) atoms. The summed E-state index contributed by atoms with van der Waals surface area (Å²) < 4.78 is 0. The summed E-state index contributed by atoms with van der Waals surface area (Å²) in [5.41, 5.74) is 2.48. The van der Waals surface area contributed by atoms with Crippen molar-refractivity contribution in [2.75, 3.05) is 14.1 Å². The van der Waals surface area contributed by atoms with E-state index in [9.17, 15) is 5.11 Å². The lowest BCUT2D eigenvalue weighted by Crippen LogP contribution is -2.50. The smallest absolute Gasteiger partial charge is 0.0577 e. The van der Waals surface area contributed by atoms with Crippen molar-refractivity contribution >= 4 is 0 Å². The van der Waals surface area contributed by atoms with Crippen molar-refractivity contribution in [2.45, 2.75) is 71.3 Å². The van der Waals surface area contributed by atoms with Gasteiger partial charge in [-0.15, -0.1) is 0 Å². The second-order valence-corrected chi connectivity index (χ2v) is 10.2. The first-order valence-corrected chi connectivity index (χ1v) is 10.6. The van der Waals surface area contributed by atoms with Crippen LogP contribution in [0.3, 0.4) is 0 Å². The molecule has 4 aliphatic carbocycles. The summed E-state index contributed by atoms with van der Waals surface area (Å²) in [6.07, 6.45) is 17.3. The second kappa shape index (κ2) is 6.15. The highest BCUT2D eigenvalue weighted by atomic mass is 16.3. The van der Waals surface area contributed by atoms with Crippen LogP contribution in [0.1, 0.15) is 65.2 Å². The molecule has 2 nitrogen and oxygen atoms in total. The van der Waals surface area contributed by atoms with Gasteiger partial charge in [0.2, 0.25) is 0 Å². The molecule has 7 atom stereocenters. The van der Waals surface area contributed by atoms with Crippen molar-refractivity contribution in [1.29, 1.82) is 0 Å². The molecule has 0 radical (unpaired) electrons. The molecule has 0 aromatic carbocycles. The zero-order chi connectivity index (χ0) is 17.8. The quantitative estimate of drug-likeness (QED) is 0.713. The van der Waals surface area contributed by atoms with E-state index in [1.165, 1.54) is 38.5 Å². The first-order valence-electron chi connectivity index (χ1n) is 10.6. The summed E-state index contributed by atoms with van der Waals surface area (Å²) in [4.78, 5) is 2.19. The van der Waals surface area contributed by atoms with Gasteiger partial charge >= 0.3 is 0 Å². The van der Waals surface area contributed by atoms with Crippen LogP contribution in [-0.4, -0.2) is 30.2 Å². The lowest BCUT2D eigenvalue weighted by molar-refractivity contribution is -0.0443. The molecule has 1 unspecified atom stereocenters. The predicted octanol–water partition coefficient (Wildman–Crippen LogP) is 5.00. The number of fused-ring (bicyclic) bond motifs is 5. The van der Waals surface area contributed by atoms with Crippen LogP contribution in [0, 0.1) is 34.5 Å². The standard InChI is InChI=1S/C23H37NO/c1-22-13-10-21-19(20(22)8-6-16(22)11-14-24(3)4)7-5-17-15-18(25)9-12-23(17,21)2/h5,11,14,16,18-21,25H,6-10,12-13,15H2,1-4H3/t16-,18?,19+,20+,21+,22-,23+/m1/s1. The summed E-state index contributed by atoms with van der Waals surface area (Å²) in [5, 5.41) is 10.1. The van der Waals surface area contributed by atoms with Crippen LogP contribution in [-0.2, 0) is 0 Å². The first-order chi connectivity index (χ1) is 11.8. The van der Waals surface area contributed by atoms with Crippen molar-refractivity contribution in [3.8, 4) is 0 Å². The molecule has 4 aliphatic rings. The highest BCUT2D eigenvalue weighted by Gasteiger charge is 2.58. The fourth-order valence-corrected chi connectivity index (χ4v) is 7.27. The maximum Gasteiger partial charge on any atom is 0.0577 e. The maximum absolute atomic E-state index is 10.1. The Bertz CT molecular complexity index is 579. The van der Waals surface area contributed by atoms with Gasteiger partial charge < -0.3 is 10.0 Å². The van der Waals surface area contributed by atoms with E-state index in [2.05, 4.69) is 51.2 Å². The van der Waals surface area contributed by atoms with E-state index in [4.69, 9.17) is 0 Å². The van der Waals surface area contributed by atoms with E-state index in [1.807, 2.05) is 0 Å². The molecule has 0 aromatic rings. The average molecular weight is 344 g/mol. The van der Waals surface area contributed by atoms with Gasteiger partial charge in [-0.2, -0.15) is 0 Å². The van der Waals surface area contributed by atoms with Gasteiger partial charge in [0.15, 0.2) is 0 Å². The number of aliphatic hydroxyl groups excluding tert-OH is 1. The molecular weight excluding hydrogens is 306 g/mol. The van der Waals surface area contributed by atoms with Gasteiger partial charge in [-0.3, -0.25) is 0 Å². The monoisotopic (exact) mass is 343 g/mol. The van der Waals surface area contributed by atoms with E-state index in [0.29, 0.717) is 10.8 Å². The second-order valence-electron chi connectivity index (χ2n) is 10.2. The minimum Gasteiger partial charge on any atom is -0.393 e. The Morgan fingerprint density at radius 3 is 2.64 bits per heavy atom. The highest BCUT2D eigenvalue weighted by Crippen LogP contribution is 2.66. The number of nitrogens with zero attached hydrogens (tertiary/aromatic N) is 1. The third-order valence-electron chi connectivity index (χ3n) is 8.77. The van der Waals surface area contributed by atoms with Crippen molar-refractivity contribution in [1.82, 2.24) is 4.90 Å². The van der Waals surface area contributed by atoms with E-state index in [0.717, 1.165) is 36.5 Å². The van der Waals surface area contributed by atoms with Crippen molar-refractivity contribution < 1.29 is 5.11 Å². The maximum atomic E-state index is 10.1. The molecule has 4 rings (SSSR count). The van der Waals surface area contributed by atoms with Gasteiger partial charge in [-0.25, -0.2) is 0 Å². The van der Waals surface area contributed by atoms with Gasteiger partial charge in [0, 0.05) is 14.1 Å². The van der Waals surface area contributed by atoms with Crippen LogP contribution in [0.4, 0.5) is 0 Å². The topological polar surface area (TPSA) is 23.5 Å². The summed E-state index contributed by atoms with van der Waals surface area (Å²) in [6, 6.07) is 0. The number of hydrogen-bond donors (Lipinski definition) is 1. The molecule has 2 heteroatoms. The van der Waals surface area contributed by atoms with E-state index in [1.54, 1.807) is 5.57 Å². The average Bonchev–Trinajstić information content (AvgIpc) is 2.90. The van der Waals surface area contributed by atoms with Crippen molar-refractivity contribution in [3.63, 3.8) is 0 Å². The Labute approximate surface area is 154 Å². The molecule has 0 aromatic heterocycles. The lowest BCUT2D eigenvalue weighted by atomic mass is 9.47. The predicted molar refractivity (Wildman–Crippen MR) is 104 cm³/mol. The third-order valence-corrected chi connectivity index (χ3v) is 8.77. The van der Waals surface area contributed by atoms with Crippen LogP contribution in [0.15, 0.2) is 23.9 Å². The zero-order valence-corrected chi connectivity index (χ0v) is 16.7. The zero-order valence-electron chi connectivity index (χ0n) is 16.7. The van der Waals surface area contributed by atoms with Gasteiger partial charge in [0.1, 0.15) is 0 Å². The van der Waals surface area contributed by atoms with Gasteiger partial charge in [0.05, 0.1) is 6.10 Å². The van der Waals surface area contributed by atoms with Crippen LogP contribution in [0.2, 0.25) is 0 Å². The first kappa shape index (κ1) is 17.6. The fraction of sp³-hybridized carbons (Fsp3) is 0.826. The number of hydrogen-bond acceptors (Lipinski definition) is 2. The van der Waals surface area contributed by atoms with Crippen LogP contribution >= 0.6 is 0 Å². The molecular formula is C23H37NO. The molecule has 0 saturated heterocycles. The molecule has 0 aliphatic heterocycles.